The van der Waals surface area contributed by atoms with Crippen molar-refractivity contribution in [2.75, 3.05) is 17.9 Å². The number of aromatic nitrogens is 3. The number of carbonyl (C=O) groups is 1. The van der Waals surface area contributed by atoms with Gasteiger partial charge in [-0.3, -0.25) is 30.7 Å². The van der Waals surface area contributed by atoms with Gasteiger partial charge in [0.1, 0.15) is 12.1 Å². The lowest BCUT2D eigenvalue weighted by Crippen LogP contribution is -2.30. The lowest BCUT2D eigenvalue weighted by atomic mass is 10.2. The predicted octanol–water partition coefficient (Wildman–Crippen LogP) is 2.16. The van der Waals surface area contributed by atoms with Crippen LogP contribution in [0.25, 0.3) is 0 Å². The third-order valence-electron chi connectivity index (χ3n) is 3.83. The van der Waals surface area contributed by atoms with E-state index in [-0.39, 0.29) is 23.7 Å². The number of para-hydroxylation sites is 1. The molecule has 0 saturated heterocycles. The fourth-order valence-corrected chi connectivity index (χ4v) is 2.48. The quantitative estimate of drug-likeness (QED) is 0.386. The second kappa shape index (κ2) is 9.08. The molecule has 148 valence electrons. The lowest BCUT2D eigenvalue weighted by Gasteiger charge is -2.12. The van der Waals surface area contributed by atoms with E-state index < -0.39 is 16.5 Å². The number of hydrogen-bond donors (Lipinski definition) is 3. The lowest BCUT2D eigenvalue weighted by molar-refractivity contribution is -0.383. The minimum absolute atomic E-state index is 0.00268. The number of hydrogen-bond acceptors (Lipinski definition) is 9. The molecule has 0 radical (unpaired) electrons. The molecule has 2 heterocycles. The highest BCUT2D eigenvalue weighted by Gasteiger charge is 2.23. The van der Waals surface area contributed by atoms with E-state index in [0.717, 1.165) is 11.9 Å². The van der Waals surface area contributed by atoms with Gasteiger partial charge in [0.15, 0.2) is 0 Å². The van der Waals surface area contributed by atoms with Crippen LogP contribution in [0.15, 0.2) is 55.1 Å². The second-order valence-electron chi connectivity index (χ2n) is 5.67. The Bertz CT molecular complexity index is 1010. The third-order valence-corrected chi connectivity index (χ3v) is 3.83. The molecule has 0 aliphatic carbocycles. The van der Waals surface area contributed by atoms with Crippen LogP contribution >= 0.6 is 0 Å². The number of amides is 1. The first-order valence-corrected chi connectivity index (χ1v) is 8.41. The van der Waals surface area contributed by atoms with Gasteiger partial charge in [0.25, 0.3) is 5.91 Å². The Hall–Kier alpha value is -4.28. The van der Waals surface area contributed by atoms with E-state index in [4.69, 9.17) is 4.74 Å². The van der Waals surface area contributed by atoms with Gasteiger partial charge < -0.3 is 10.1 Å². The van der Waals surface area contributed by atoms with Crippen molar-refractivity contribution in [2.45, 2.75) is 6.54 Å². The minimum atomic E-state index is -0.636. The first-order valence-electron chi connectivity index (χ1n) is 8.41. The zero-order chi connectivity index (χ0) is 20.6. The maximum Gasteiger partial charge on any atom is 0.354 e. The van der Waals surface area contributed by atoms with Crippen molar-refractivity contribution in [3.05, 3.63) is 76.4 Å². The number of pyridine rings is 1. The van der Waals surface area contributed by atoms with E-state index >= 15 is 0 Å². The van der Waals surface area contributed by atoms with Gasteiger partial charge in [-0.15, -0.1) is 0 Å². The second-order valence-corrected chi connectivity index (χ2v) is 5.67. The highest BCUT2D eigenvalue weighted by atomic mass is 16.6. The molecule has 3 aromatic rings. The summed E-state index contributed by atoms with van der Waals surface area (Å²) in [5.74, 6) is -0.340. The molecule has 0 spiro atoms. The van der Waals surface area contributed by atoms with Crippen molar-refractivity contribution in [3.8, 4) is 5.75 Å². The molecule has 11 nitrogen and oxygen atoms in total. The number of rotatable bonds is 8. The Kier molecular flexibility index (Phi) is 6.10. The number of anilines is 2. The molecule has 2 aromatic heterocycles. The van der Waals surface area contributed by atoms with Crippen molar-refractivity contribution in [2.24, 2.45) is 0 Å². The highest BCUT2D eigenvalue weighted by Crippen LogP contribution is 2.28. The zero-order valence-electron chi connectivity index (χ0n) is 15.3. The van der Waals surface area contributed by atoms with Crippen LogP contribution in [-0.2, 0) is 6.54 Å². The Morgan fingerprint density at radius 2 is 1.97 bits per heavy atom. The van der Waals surface area contributed by atoms with E-state index in [1.54, 1.807) is 42.7 Å². The molecule has 29 heavy (non-hydrogen) atoms. The first kappa shape index (κ1) is 19.5. The SMILES string of the molecule is COc1ccccc1C(=O)NNc1ncnc(NCc2cccnc2)c1[N+](=O)[O-]. The largest absolute Gasteiger partial charge is 0.496 e. The number of hydrazine groups is 1. The van der Waals surface area contributed by atoms with E-state index in [0.29, 0.717) is 5.75 Å². The number of carbonyl (C=O) groups excluding carboxylic acids is 1. The number of ether oxygens (including phenoxy) is 1. The van der Waals surface area contributed by atoms with Gasteiger partial charge in [-0.2, -0.15) is 0 Å². The summed E-state index contributed by atoms with van der Waals surface area (Å²) in [6, 6.07) is 10.2. The van der Waals surface area contributed by atoms with Crippen LogP contribution in [0.4, 0.5) is 17.3 Å². The maximum atomic E-state index is 12.4. The molecule has 3 N–H and O–H groups in total. The Labute approximate surface area is 165 Å². The molecule has 1 amide bonds. The van der Waals surface area contributed by atoms with Crippen molar-refractivity contribution in [1.82, 2.24) is 20.4 Å². The van der Waals surface area contributed by atoms with Crippen LogP contribution in [0.1, 0.15) is 15.9 Å². The third kappa shape index (κ3) is 4.71. The first-order chi connectivity index (χ1) is 14.1. The van der Waals surface area contributed by atoms with Gasteiger partial charge in [0, 0.05) is 18.9 Å². The summed E-state index contributed by atoms with van der Waals surface area (Å²) in [4.78, 5) is 35.1. The fourth-order valence-electron chi connectivity index (χ4n) is 2.48. The van der Waals surface area contributed by atoms with Gasteiger partial charge in [-0.25, -0.2) is 9.97 Å². The summed E-state index contributed by atoms with van der Waals surface area (Å²) in [5.41, 5.74) is 5.54. The van der Waals surface area contributed by atoms with Crippen LogP contribution in [-0.4, -0.2) is 32.9 Å². The normalized spacial score (nSPS) is 10.1. The fraction of sp³-hybridized carbons (Fsp3) is 0.111. The van der Waals surface area contributed by atoms with E-state index in [1.165, 1.54) is 7.11 Å². The Morgan fingerprint density at radius 1 is 1.17 bits per heavy atom. The maximum absolute atomic E-state index is 12.4. The summed E-state index contributed by atoms with van der Waals surface area (Å²) in [6.07, 6.45) is 4.41. The van der Waals surface area contributed by atoms with Crippen LogP contribution in [0.2, 0.25) is 0 Å². The number of benzene rings is 1. The zero-order valence-corrected chi connectivity index (χ0v) is 15.3. The number of nitrogens with zero attached hydrogens (tertiary/aromatic N) is 4. The van der Waals surface area contributed by atoms with Gasteiger partial charge >= 0.3 is 5.69 Å². The molecular weight excluding hydrogens is 378 g/mol. The highest BCUT2D eigenvalue weighted by molar-refractivity contribution is 5.97. The van der Waals surface area contributed by atoms with Crippen LogP contribution in [0.5, 0.6) is 5.75 Å². The number of nitrogens with one attached hydrogen (secondary N) is 3. The Morgan fingerprint density at radius 3 is 2.69 bits per heavy atom. The summed E-state index contributed by atoms with van der Waals surface area (Å²) in [7, 11) is 1.44. The van der Waals surface area contributed by atoms with Crippen molar-refractivity contribution >= 4 is 23.2 Å². The molecule has 11 heteroatoms. The average molecular weight is 395 g/mol. The summed E-state index contributed by atoms with van der Waals surface area (Å²) in [6.45, 7) is 0.276. The Balaban J connectivity index is 1.76. The van der Waals surface area contributed by atoms with Crippen molar-refractivity contribution in [3.63, 3.8) is 0 Å². The van der Waals surface area contributed by atoms with Gasteiger partial charge in [-0.1, -0.05) is 18.2 Å². The van der Waals surface area contributed by atoms with Gasteiger partial charge in [0.05, 0.1) is 17.6 Å². The minimum Gasteiger partial charge on any atom is -0.496 e. The standard InChI is InChI=1S/C18H17N7O4/c1-29-14-7-3-2-6-13(14)18(26)24-23-17-15(25(27)28)16(21-11-22-17)20-10-12-5-4-8-19-9-12/h2-9,11H,10H2,1H3,(H,24,26)(H2,20,21,22,23). The molecule has 1 aromatic carbocycles. The van der Waals surface area contributed by atoms with Crippen molar-refractivity contribution in [1.29, 1.82) is 0 Å². The van der Waals surface area contributed by atoms with E-state index in [2.05, 4.69) is 31.1 Å². The van der Waals surface area contributed by atoms with Crippen LogP contribution in [0, 0.1) is 10.1 Å². The average Bonchev–Trinajstić information content (AvgIpc) is 2.76. The molecule has 3 rings (SSSR count). The number of nitro groups is 1. The van der Waals surface area contributed by atoms with E-state index in [9.17, 15) is 14.9 Å². The molecule has 0 saturated carbocycles. The molecule has 0 fully saturated rings. The van der Waals surface area contributed by atoms with Crippen LogP contribution < -0.4 is 20.9 Å². The molecule has 0 aliphatic heterocycles. The smallest absolute Gasteiger partial charge is 0.354 e. The predicted molar refractivity (Wildman–Crippen MR) is 104 cm³/mol. The van der Waals surface area contributed by atoms with Crippen molar-refractivity contribution < 1.29 is 14.5 Å². The monoisotopic (exact) mass is 395 g/mol. The summed E-state index contributed by atoms with van der Waals surface area (Å²) >= 11 is 0. The van der Waals surface area contributed by atoms with Gasteiger partial charge in [-0.05, 0) is 23.8 Å². The molecular formula is C18H17N7O4. The van der Waals surface area contributed by atoms with Crippen LogP contribution in [0.3, 0.4) is 0 Å². The topological polar surface area (TPSA) is 144 Å². The molecule has 0 aliphatic rings. The summed E-state index contributed by atoms with van der Waals surface area (Å²) < 4.78 is 5.14. The molecule has 0 unspecified atom stereocenters. The van der Waals surface area contributed by atoms with E-state index in [1.807, 2.05) is 6.07 Å². The molecule has 0 bridgehead atoms. The van der Waals surface area contributed by atoms with Gasteiger partial charge in [0.2, 0.25) is 11.6 Å². The number of methoxy groups -OCH3 is 1. The molecule has 0 atom stereocenters. The summed E-state index contributed by atoms with van der Waals surface area (Å²) in [5, 5.41) is 14.5.